The summed E-state index contributed by atoms with van der Waals surface area (Å²) in [6, 6.07) is 8.90. The van der Waals surface area contributed by atoms with E-state index in [9.17, 15) is 0 Å². The number of hydrogen-bond acceptors (Lipinski definition) is 3. The van der Waals surface area contributed by atoms with E-state index in [0.717, 1.165) is 32.5 Å². The summed E-state index contributed by atoms with van der Waals surface area (Å²) in [5, 5.41) is 0. The zero-order valence-electron chi connectivity index (χ0n) is 13.8. The average molecular weight is 290 g/mol. The fourth-order valence-corrected chi connectivity index (χ4v) is 3.23. The smallest absolute Gasteiger partial charge is 0.0777 e. The van der Waals surface area contributed by atoms with Crippen molar-refractivity contribution in [1.82, 2.24) is 4.90 Å². The minimum absolute atomic E-state index is 0.0110. The van der Waals surface area contributed by atoms with Crippen LogP contribution < -0.4 is 5.73 Å². The van der Waals surface area contributed by atoms with Crippen molar-refractivity contribution in [3.63, 3.8) is 0 Å². The normalized spacial score (nSPS) is 25.0. The number of likely N-dealkylation sites (tertiary alicyclic amines) is 1. The molecule has 0 radical (unpaired) electrons. The van der Waals surface area contributed by atoms with Gasteiger partial charge in [-0.1, -0.05) is 37.6 Å². The fraction of sp³-hybridized carbons (Fsp3) is 0.667. The first-order valence-corrected chi connectivity index (χ1v) is 8.18. The van der Waals surface area contributed by atoms with Crippen molar-refractivity contribution in [2.24, 2.45) is 5.73 Å². The van der Waals surface area contributed by atoms with Crippen LogP contribution in [0, 0.1) is 0 Å². The Hall–Kier alpha value is -0.900. The van der Waals surface area contributed by atoms with Crippen LogP contribution in [0.5, 0.6) is 0 Å². The van der Waals surface area contributed by atoms with Crippen molar-refractivity contribution in [2.75, 3.05) is 26.7 Å². The first-order chi connectivity index (χ1) is 10.1. The Morgan fingerprint density at radius 3 is 2.67 bits per heavy atom. The topological polar surface area (TPSA) is 38.5 Å². The number of piperidine rings is 1. The molecular weight excluding hydrogens is 260 g/mol. The number of nitrogens with two attached hydrogens (primary N) is 1. The Morgan fingerprint density at radius 1 is 1.33 bits per heavy atom. The molecule has 1 aromatic rings. The molecule has 1 heterocycles. The van der Waals surface area contributed by atoms with Crippen LogP contribution in [0.2, 0.25) is 0 Å². The molecule has 2 atom stereocenters. The molecule has 0 aromatic heterocycles. The summed E-state index contributed by atoms with van der Waals surface area (Å²) in [6.07, 6.45) is 4.66. The third-order valence-corrected chi connectivity index (χ3v) is 4.63. The molecule has 21 heavy (non-hydrogen) atoms. The molecule has 1 aromatic carbocycles. The lowest BCUT2D eigenvalue weighted by Gasteiger charge is -2.40. The van der Waals surface area contributed by atoms with E-state index in [1.54, 1.807) is 0 Å². The number of ether oxygens (including phenoxy) is 1. The highest BCUT2D eigenvalue weighted by Gasteiger charge is 2.31. The number of aryl methyl sites for hydroxylation is 1. The first kappa shape index (κ1) is 16.5. The monoisotopic (exact) mass is 290 g/mol. The standard InChI is InChI=1S/C18H30N2O/c1-4-6-15-7-9-16(10-8-15)17(19)13-20-12-5-11-18(2,14-20)21-3/h7-10,17H,4-6,11-14,19H2,1-3H3. The van der Waals surface area contributed by atoms with E-state index < -0.39 is 0 Å². The summed E-state index contributed by atoms with van der Waals surface area (Å²) in [5.74, 6) is 0. The molecule has 0 aliphatic carbocycles. The summed E-state index contributed by atoms with van der Waals surface area (Å²) < 4.78 is 5.66. The molecule has 3 nitrogen and oxygen atoms in total. The highest BCUT2D eigenvalue weighted by Crippen LogP contribution is 2.25. The van der Waals surface area contributed by atoms with Gasteiger partial charge in [0.25, 0.3) is 0 Å². The summed E-state index contributed by atoms with van der Waals surface area (Å²) in [5.41, 5.74) is 9.02. The van der Waals surface area contributed by atoms with Crippen LogP contribution in [0.1, 0.15) is 50.3 Å². The molecule has 1 saturated heterocycles. The van der Waals surface area contributed by atoms with Crippen LogP contribution in [0.25, 0.3) is 0 Å². The minimum atomic E-state index is -0.0110. The van der Waals surface area contributed by atoms with Crippen molar-refractivity contribution in [3.8, 4) is 0 Å². The van der Waals surface area contributed by atoms with Crippen LogP contribution in [0.3, 0.4) is 0 Å². The number of nitrogens with zero attached hydrogens (tertiary/aromatic N) is 1. The molecule has 0 saturated carbocycles. The van der Waals surface area contributed by atoms with E-state index in [-0.39, 0.29) is 11.6 Å². The van der Waals surface area contributed by atoms with Gasteiger partial charge in [0.2, 0.25) is 0 Å². The summed E-state index contributed by atoms with van der Waals surface area (Å²) in [7, 11) is 1.82. The zero-order chi connectivity index (χ0) is 15.3. The summed E-state index contributed by atoms with van der Waals surface area (Å²) >= 11 is 0. The van der Waals surface area contributed by atoms with Gasteiger partial charge in [-0.05, 0) is 43.9 Å². The van der Waals surface area contributed by atoms with Gasteiger partial charge in [0, 0.05) is 26.2 Å². The third-order valence-electron chi connectivity index (χ3n) is 4.63. The molecule has 2 N–H and O–H groups in total. The van der Waals surface area contributed by atoms with Crippen LogP contribution in [-0.4, -0.2) is 37.2 Å². The highest BCUT2D eigenvalue weighted by molar-refractivity contribution is 5.25. The van der Waals surface area contributed by atoms with Gasteiger partial charge in [-0.15, -0.1) is 0 Å². The molecule has 2 rings (SSSR count). The molecular formula is C18H30N2O. The quantitative estimate of drug-likeness (QED) is 0.874. The number of rotatable bonds is 6. The maximum absolute atomic E-state index is 6.40. The van der Waals surface area contributed by atoms with Crippen molar-refractivity contribution in [3.05, 3.63) is 35.4 Å². The molecule has 1 fully saturated rings. The van der Waals surface area contributed by atoms with Crippen molar-refractivity contribution >= 4 is 0 Å². The van der Waals surface area contributed by atoms with Crippen LogP contribution in [-0.2, 0) is 11.2 Å². The SMILES string of the molecule is CCCc1ccc(C(N)CN2CCCC(C)(OC)C2)cc1. The van der Waals surface area contributed by atoms with E-state index in [0.29, 0.717) is 0 Å². The van der Waals surface area contributed by atoms with E-state index in [1.807, 2.05) is 7.11 Å². The Labute approximate surface area is 129 Å². The molecule has 0 spiro atoms. The zero-order valence-corrected chi connectivity index (χ0v) is 13.8. The summed E-state index contributed by atoms with van der Waals surface area (Å²) in [4.78, 5) is 2.44. The summed E-state index contributed by atoms with van der Waals surface area (Å²) in [6.45, 7) is 7.42. The van der Waals surface area contributed by atoms with E-state index in [4.69, 9.17) is 10.5 Å². The van der Waals surface area contributed by atoms with Gasteiger partial charge < -0.3 is 10.5 Å². The van der Waals surface area contributed by atoms with E-state index in [2.05, 4.69) is 43.0 Å². The Kier molecular flexibility index (Phi) is 5.80. The molecule has 118 valence electrons. The van der Waals surface area contributed by atoms with Gasteiger partial charge in [-0.2, -0.15) is 0 Å². The Bertz CT molecular complexity index is 431. The van der Waals surface area contributed by atoms with E-state index >= 15 is 0 Å². The second kappa shape index (κ2) is 7.39. The Balaban J connectivity index is 1.92. The van der Waals surface area contributed by atoms with Crippen LogP contribution in [0.15, 0.2) is 24.3 Å². The van der Waals surface area contributed by atoms with Gasteiger partial charge in [0.15, 0.2) is 0 Å². The maximum Gasteiger partial charge on any atom is 0.0777 e. The third kappa shape index (κ3) is 4.53. The van der Waals surface area contributed by atoms with Crippen molar-refractivity contribution < 1.29 is 4.74 Å². The van der Waals surface area contributed by atoms with Gasteiger partial charge in [-0.25, -0.2) is 0 Å². The predicted octanol–water partition coefficient (Wildman–Crippen LogP) is 3.14. The van der Waals surface area contributed by atoms with E-state index in [1.165, 1.54) is 24.0 Å². The lowest BCUT2D eigenvalue weighted by molar-refractivity contribution is -0.0516. The molecule has 0 bridgehead atoms. The highest BCUT2D eigenvalue weighted by atomic mass is 16.5. The predicted molar refractivity (Wildman–Crippen MR) is 88.5 cm³/mol. The number of hydrogen-bond donors (Lipinski definition) is 1. The van der Waals surface area contributed by atoms with Crippen LogP contribution >= 0.6 is 0 Å². The van der Waals surface area contributed by atoms with Crippen LogP contribution in [0.4, 0.5) is 0 Å². The average Bonchev–Trinajstić information content (AvgIpc) is 2.48. The lowest BCUT2D eigenvalue weighted by atomic mass is 9.94. The number of methoxy groups -OCH3 is 1. The molecule has 2 unspecified atom stereocenters. The number of benzene rings is 1. The molecule has 3 heteroatoms. The second-order valence-corrected chi connectivity index (χ2v) is 6.59. The van der Waals surface area contributed by atoms with Gasteiger partial charge in [0.05, 0.1) is 5.60 Å². The Morgan fingerprint density at radius 2 is 2.05 bits per heavy atom. The second-order valence-electron chi connectivity index (χ2n) is 6.59. The van der Waals surface area contributed by atoms with Crippen molar-refractivity contribution in [2.45, 2.75) is 51.2 Å². The van der Waals surface area contributed by atoms with Gasteiger partial charge in [-0.3, -0.25) is 4.90 Å². The van der Waals surface area contributed by atoms with Gasteiger partial charge >= 0.3 is 0 Å². The van der Waals surface area contributed by atoms with Gasteiger partial charge in [0.1, 0.15) is 0 Å². The first-order valence-electron chi connectivity index (χ1n) is 8.18. The fourth-order valence-electron chi connectivity index (χ4n) is 3.23. The maximum atomic E-state index is 6.40. The molecule has 1 aliphatic rings. The largest absolute Gasteiger partial charge is 0.377 e. The molecule has 0 amide bonds. The minimum Gasteiger partial charge on any atom is -0.377 e. The van der Waals surface area contributed by atoms with Crippen molar-refractivity contribution in [1.29, 1.82) is 0 Å². The molecule has 1 aliphatic heterocycles. The lowest BCUT2D eigenvalue weighted by Crippen LogP contribution is -2.49.